The summed E-state index contributed by atoms with van der Waals surface area (Å²) in [7, 11) is 2.16. The van der Waals surface area contributed by atoms with Crippen LogP contribution in [-0.4, -0.2) is 37.5 Å². The highest BCUT2D eigenvalue weighted by atomic mass is 16.1. The van der Waals surface area contributed by atoms with Gasteiger partial charge in [-0.15, -0.1) is 0 Å². The van der Waals surface area contributed by atoms with E-state index >= 15 is 0 Å². The van der Waals surface area contributed by atoms with Gasteiger partial charge in [0, 0.05) is 12.1 Å². The second-order valence-electron chi connectivity index (χ2n) is 5.90. The number of amides is 1. The molecule has 1 aliphatic rings. The summed E-state index contributed by atoms with van der Waals surface area (Å²) in [6.45, 7) is 5.27. The summed E-state index contributed by atoms with van der Waals surface area (Å²) in [6.07, 6.45) is 4.59. The van der Waals surface area contributed by atoms with Crippen LogP contribution in [0.4, 0.5) is 0 Å². The van der Waals surface area contributed by atoms with Gasteiger partial charge in [-0.2, -0.15) is 0 Å². The maximum absolute atomic E-state index is 12.1. The minimum absolute atomic E-state index is 0.0620. The lowest BCUT2D eigenvalue weighted by Gasteiger charge is -2.28. The third-order valence-electron chi connectivity index (χ3n) is 4.14. The first kappa shape index (κ1) is 15.0. The zero-order valence-corrected chi connectivity index (χ0v) is 12.7. The van der Waals surface area contributed by atoms with Crippen LogP contribution in [0.1, 0.15) is 42.1 Å². The Morgan fingerprint density at radius 1 is 1.25 bits per heavy atom. The van der Waals surface area contributed by atoms with Crippen LogP contribution in [0.25, 0.3) is 0 Å². The Balaban J connectivity index is 1.79. The van der Waals surface area contributed by atoms with Crippen molar-refractivity contribution in [3.8, 4) is 0 Å². The van der Waals surface area contributed by atoms with Gasteiger partial charge in [-0.25, -0.2) is 0 Å². The lowest BCUT2D eigenvalue weighted by atomic mass is 9.97. The number of piperidine rings is 1. The monoisotopic (exact) mass is 274 g/mol. The average molecular weight is 274 g/mol. The molecule has 0 saturated carbocycles. The minimum Gasteiger partial charge on any atom is -0.352 e. The number of benzene rings is 1. The van der Waals surface area contributed by atoms with Crippen LogP contribution in [0.3, 0.4) is 0 Å². The quantitative estimate of drug-likeness (QED) is 0.895. The third-order valence-corrected chi connectivity index (χ3v) is 4.14. The molecule has 0 atom stereocenters. The zero-order valence-electron chi connectivity index (χ0n) is 12.7. The van der Waals surface area contributed by atoms with E-state index in [2.05, 4.69) is 36.3 Å². The maximum atomic E-state index is 12.1. The summed E-state index contributed by atoms with van der Waals surface area (Å²) in [5.74, 6) is 0.696. The number of hydrogen-bond donors (Lipinski definition) is 1. The van der Waals surface area contributed by atoms with Crippen LogP contribution < -0.4 is 5.32 Å². The van der Waals surface area contributed by atoms with Crippen molar-refractivity contribution in [2.24, 2.45) is 5.92 Å². The molecular formula is C17H26N2O. The molecule has 1 aliphatic heterocycles. The molecular weight excluding hydrogens is 248 g/mol. The zero-order chi connectivity index (χ0) is 14.4. The predicted molar refractivity (Wildman–Crippen MR) is 83.0 cm³/mol. The molecule has 0 bridgehead atoms. The molecule has 0 spiro atoms. The maximum Gasteiger partial charge on any atom is 0.251 e. The van der Waals surface area contributed by atoms with Gasteiger partial charge >= 0.3 is 0 Å². The predicted octanol–water partition coefficient (Wildman–Crippen LogP) is 2.71. The summed E-state index contributed by atoms with van der Waals surface area (Å²) in [6, 6.07) is 8.01. The number of carbonyl (C=O) groups excluding carboxylic acids is 1. The van der Waals surface area contributed by atoms with Crippen molar-refractivity contribution in [3.63, 3.8) is 0 Å². The van der Waals surface area contributed by atoms with Crippen LogP contribution in [0.15, 0.2) is 24.3 Å². The molecule has 1 heterocycles. The molecule has 3 nitrogen and oxygen atoms in total. The number of carbonyl (C=O) groups is 1. The van der Waals surface area contributed by atoms with Crippen molar-refractivity contribution in [2.45, 2.75) is 32.6 Å². The minimum atomic E-state index is 0.0620. The Morgan fingerprint density at radius 3 is 2.50 bits per heavy atom. The highest BCUT2D eigenvalue weighted by Crippen LogP contribution is 2.15. The first-order chi connectivity index (χ1) is 9.69. The number of nitrogens with one attached hydrogen (secondary N) is 1. The third kappa shape index (κ3) is 4.34. The SMILES string of the molecule is CCCc1ccc(C(=O)NCC2CCN(C)CC2)cc1. The fraction of sp³-hybridized carbons (Fsp3) is 0.588. The van der Waals surface area contributed by atoms with E-state index in [0.29, 0.717) is 5.92 Å². The molecule has 1 aromatic rings. The Morgan fingerprint density at radius 2 is 1.90 bits per heavy atom. The number of likely N-dealkylation sites (tertiary alicyclic amines) is 1. The molecule has 0 radical (unpaired) electrons. The Kier molecular flexibility index (Phi) is 5.60. The lowest BCUT2D eigenvalue weighted by Crippen LogP contribution is -2.36. The largest absolute Gasteiger partial charge is 0.352 e. The van der Waals surface area contributed by atoms with E-state index in [0.717, 1.165) is 38.0 Å². The molecule has 3 heteroatoms. The van der Waals surface area contributed by atoms with E-state index in [-0.39, 0.29) is 5.91 Å². The lowest BCUT2D eigenvalue weighted by molar-refractivity contribution is 0.0939. The Labute approximate surface area is 122 Å². The fourth-order valence-corrected chi connectivity index (χ4v) is 2.72. The highest BCUT2D eigenvalue weighted by Gasteiger charge is 2.17. The van der Waals surface area contributed by atoms with E-state index in [1.54, 1.807) is 0 Å². The van der Waals surface area contributed by atoms with Gasteiger partial charge in [-0.3, -0.25) is 4.79 Å². The van der Waals surface area contributed by atoms with Crippen molar-refractivity contribution in [2.75, 3.05) is 26.7 Å². The molecule has 20 heavy (non-hydrogen) atoms. The van der Waals surface area contributed by atoms with Gasteiger partial charge < -0.3 is 10.2 Å². The van der Waals surface area contributed by atoms with Gasteiger partial charge in [0.2, 0.25) is 0 Å². The molecule has 2 rings (SSSR count). The van der Waals surface area contributed by atoms with Gasteiger partial charge in [0.1, 0.15) is 0 Å². The van der Waals surface area contributed by atoms with E-state index in [1.807, 2.05) is 12.1 Å². The van der Waals surface area contributed by atoms with Crippen molar-refractivity contribution in [1.29, 1.82) is 0 Å². The first-order valence-electron chi connectivity index (χ1n) is 7.74. The highest BCUT2D eigenvalue weighted by molar-refractivity contribution is 5.94. The van der Waals surface area contributed by atoms with Gasteiger partial charge in [-0.05, 0) is 63.0 Å². The summed E-state index contributed by atoms with van der Waals surface area (Å²) >= 11 is 0. The van der Waals surface area contributed by atoms with E-state index in [9.17, 15) is 4.79 Å². The van der Waals surface area contributed by atoms with Gasteiger partial charge in [0.05, 0.1) is 0 Å². The first-order valence-corrected chi connectivity index (χ1v) is 7.74. The summed E-state index contributed by atoms with van der Waals surface area (Å²) < 4.78 is 0. The Bertz CT molecular complexity index is 419. The van der Waals surface area contributed by atoms with E-state index < -0.39 is 0 Å². The van der Waals surface area contributed by atoms with Crippen molar-refractivity contribution >= 4 is 5.91 Å². The van der Waals surface area contributed by atoms with Crippen LogP contribution in [0.2, 0.25) is 0 Å². The van der Waals surface area contributed by atoms with Crippen LogP contribution in [0, 0.1) is 5.92 Å². The van der Waals surface area contributed by atoms with Crippen molar-refractivity contribution < 1.29 is 4.79 Å². The summed E-state index contributed by atoms with van der Waals surface area (Å²) in [5, 5.41) is 3.08. The van der Waals surface area contributed by atoms with E-state index in [1.165, 1.54) is 18.4 Å². The Hall–Kier alpha value is -1.35. The van der Waals surface area contributed by atoms with Gasteiger partial charge in [0.15, 0.2) is 0 Å². The fourth-order valence-electron chi connectivity index (χ4n) is 2.72. The molecule has 1 saturated heterocycles. The molecule has 1 aromatic carbocycles. The molecule has 1 N–H and O–H groups in total. The second-order valence-corrected chi connectivity index (χ2v) is 5.90. The number of hydrogen-bond acceptors (Lipinski definition) is 2. The smallest absolute Gasteiger partial charge is 0.251 e. The van der Waals surface area contributed by atoms with Crippen LogP contribution >= 0.6 is 0 Å². The number of aryl methyl sites for hydroxylation is 1. The van der Waals surface area contributed by atoms with Crippen LogP contribution in [0.5, 0.6) is 0 Å². The molecule has 110 valence electrons. The molecule has 1 fully saturated rings. The summed E-state index contributed by atoms with van der Waals surface area (Å²) in [5.41, 5.74) is 2.08. The van der Waals surface area contributed by atoms with Gasteiger partial charge in [-0.1, -0.05) is 25.5 Å². The van der Waals surface area contributed by atoms with Crippen molar-refractivity contribution in [3.05, 3.63) is 35.4 Å². The van der Waals surface area contributed by atoms with Crippen LogP contribution in [-0.2, 0) is 6.42 Å². The normalized spacial score (nSPS) is 17.1. The molecule has 0 unspecified atom stereocenters. The average Bonchev–Trinajstić information content (AvgIpc) is 2.47. The number of rotatable bonds is 5. The topological polar surface area (TPSA) is 32.3 Å². The standard InChI is InChI=1S/C17H26N2O/c1-3-4-14-5-7-16(8-6-14)17(20)18-13-15-9-11-19(2)12-10-15/h5-8,15H,3-4,9-13H2,1-2H3,(H,18,20). The molecule has 0 aromatic heterocycles. The van der Waals surface area contributed by atoms with E-state index in [4.69, 9.17) is 0 Å². The summed E-state index contributed by atoms with van der Waals surface area (Å²) in [4.78, 5) is 14.5. The molecule has 0 aliphatic carbocycles. The molecule has 1 amide bonds. The number of nitrogens with zero attached hydrogens (tertiary/aromatic N) is 1. The second kappa shape index (κ2) is 7.44. The van der Waals surface area contributed by atoms with Crippen molar-refractivity contribution in [1.82, 2.24) is 10.2 Å². The van der Waals surface area contributed by atoms with Gasteiger partial charge in [0.25, 0.3) is 5.91 Å².